The van der Waals surface area contributed by atoms with Crippen LogP contribution in [0.3, 0.4) is 0 Å². The van der Waals surface area contributed by atoms with E-state index in [-0.39, 0.29) is 5.75 Å². The van der Waals surface area contributed by atoms with E-state index >= 15 is 0 Å². The molecular formula is C21H21ClN2O3. The van der Waals surface area contributed by atoms with Crippen molar-refractivity contribution in [2.24, 2.45) is 0 Å². The number of hydrogen-bond acceptors (Lipinski definition) is 4. The van der Waals surface area contributed by atoms with Crippen LogP contribution in [0.15, 0.2) is 42.5 Å². The van der Waals surface area contributed by atoms with Gasteiger partial charge in [0.15, 0.2) is 11.6 Å². The highest BCUT2D eigenvalue weighted by atomic mass is 35.5. The molecule has 0 fully saturated rings. The van der Waals surface area contributed by atoms with Gasteiger partial charge in [0.1, 0.15) is 0 Å². The second-order valence-electron chi connectivity index (χ2n) is 6.84. The molecule has 5 nitrogen and oxygen atoms in total. The summed E-state index contributed by atoms with van der Waals surface area (Å²) in [5.41, 5.74) is 3.38. The molecule has 0 atom stereocenters. The van der Waals surface area contributed by atoms with Gasteiger partial charge in [-0.15, -0.1) is 0 Å². The molecule has 0 saturated heterocycles. The van der Waals surface area contributed by atoms with Crippen LogP contribution in [-0.2, 0) is 0 Å². The largest absolute Gasteiger partial charge is 0.511 e. The average molecular weight is 385 g/mol. The van der Waals surface area contributed by atoms with Gasteiger partial charge in [0.05, 0.1) is 5.52 Å². The topological polar surface area (TPSA) is 62.7 Å². The first-order valence-corrected chi connectivity index (χ1v) is 8.97. The van der Waals surface area contributed by atoms with Crippen LogP contribution in [0.5, 0.6) is 5.75 Å². The number of rotatable bonds is 4. The lowest BCUT2D eigenvalue weighted by Gasteiger charge is -2.20. The van der Waals surface area contributed by atoms with E-state index in [2.05, 4.69) is 31.0 Å². The van der Waals surface area contributed by atoms with Gasteiger partial charge in [-0.1, -0.05) is 49.7 Å². The molecule has 0 unspecified atom stereocenters. The number of ether oxygens (including phenoxy) is 1. The van der Waals surface area contributed by atoms with Crippen molar-refractivity contribution in [3.05, 3.63) is 53.1 Å². The minimum atomic E-state index is -1.39. The third-order valence-corrected chi connectivity index (χ3v) is 4.57. The molecule has 0 bridgehead atoms. The minimum Gasteiger partial charge on any atom is -0.449 e. The summed E-state index contributed by atoms with van der Waals surface area (Å²) >= 11 is 6.22. The number of halogens is 1. The summed E-state index contributed by atoms with van der Waals surface area (Å²) in [4.78, 5) is 17.7. The standard InChI is InChI=1S/C21H21ClN2O3/c1-12(2)13-6-5-7-14(10-13)18-16-11-15(22)8-9-17(16)23-20(24(3)4)19(18)27-21(25)26/h5-12H,1-4H3,(H,25,26). The number of nitrogens with zero attached hydrogens (tertiary/aromatic N) is 2. The maximum Gasteiger partial charge on any atom is 0.511 e. The number of pyridine rings is 1. The van der Waals surface area contributed by atoms with Crippen LogP contribution in [0.25, 0.3) is 22.0 Å². The Hall–Kier alpha value is -2.79. The van der Waals surface area contributed by atoms with E-state index in [4.69, 9.17) is 16.3 Å². The molecule has 1 N–H and O–H groups in total. The predicted molar refractivity (Wildman–Crippen MR) is 109 cm³/mol. The van der Waals surface area contributed by atoms with Crippen LogP contribution >= 0.6 is 11.6 Å². The van der Waals surface area contributed by atoms with Gasteiger partial charge in [-0.25, -0.2) is 9.78 Å². The van der Waals surface area contributed by atoms with Gasteiger partial charge in [-0.05, 0) is 35.2 Å². The fraction of sp³-hybridized carbons (Fsp3) is 0.238. The van der Waals surface area contributed by atoms with E-state index in [1.807, 2.05) is 18.2 Å². The Morgan fingerprint density at radius 2 is 1.93 bits per heavy atom. The van der Waals surface area contributed by atoms with E-state index in [9.17, 15) is 9.90 Å². The Labute approximate surface area is 163 Å². The van der Waals surface area contributed by atoms with Gasteiger partial charge >= 0.3 is 6.16 Å². The third-order valence-electron chi connectivity index (χ3n) is 4.34. The Morgan fingerprint density at radius 1 is 1.19 bits per heavy atom. The van der Waals surface area contributed by atoms with Crippen LogP contribution in [0, 0.1) is 0 Å². The molecule has 1 aromatic heterocycles. The zero-order valence-corrected chi connectivity index (χ0v) is 16.4. The molecule has 0 aliphatic heterocycles. The van der Waals surface area contributed by atoms with Crippen molar-refractivity contribution >= 4 is 34.5 Å². The van der Waals surface area contributed by atoms with Crippen molar-refractivity contribution < 1.29 is 14.6 Å². The first-order chi connectivity index (χ1) is 12.8. The molecule has 27 heavy (non-hydrogen) atoms. The van der Waals surface area contributed by atoms with Gasteiger partial charge in [0.25, 0.3) is 0 Å². The van der Waals surface area contributed by atoms with Crippen molar-refractivity contribution in [1.29, 1.82) is 0 Å². The minimum absolute atomic E-state index is 0.197. The van der Waals surface area contributed by atoms with Crippen molar-refractivity contribution in [3.8, 4) is 16.9 Å². The predicted octanol–water partition coefficient (Wildman–Crippen LogP) is 5.80. The van der Waals surface area contributed by atoms with Crippen molar-refractivity contribution in [3.63, 3.8) is 0 Å². The zero-order valence-electron chi connectivity index (χ0n) is 15.7. The van der Waals surface area contributed by atoms with Crippen molar-refractivity contribution in [2.45, 2.75) is 19.8 Å². The summed E-state index contributed by atoms with van der Waals surface area (Å²) in [6, 6.07) is 13.4. The SMILES string of the molecule is CC(C)c1cccc(-c2c(OC(=O)O)c(N(C)C)nc3ccc(Cl)cc23)c1. The number of carbonyl (C=O) groups is 1. The molecular weight excluding hydrogens is 364 g/mol. The lowest BCUT2D eigenvalue weighted by Crippen LogP contribution is -2.15. The molecule has 2 aromatic carbocycles. The van der Waals surface area contributed by atoms with Crippen LogP contribution < -0.4 is 9.64 Å². The van der Waals surface area contributed by atoms with Gasteiger partial charge in [-0.3, -0.25) is 0 Å². The van der Waals surface area contributed by atoms with Gasteiger partial charge in [-0.2, -0.15) is 0 Å². The molecule has 0 amide bonds. The van der Waals surface area contributed by atoms with Crippen LogP contribution in [0.4, 0.5) is 10.6 Å². The van der Waals surface area contributed by atoms with Gasteiger partial charge in [0.2, 0.25) is 0 Å². The van der Waals surface area contributed by atoms with Crippen LogP contribution in [-0.4, -0.2) is 30.3 Å². The second kappa shape index (κ2) is 7.45. The first-order valence-electron chi connectivity index (χ1n) is 8.59. The Morgan fingerprint density at radius 3 is 2.56 bits per heavy atom. The normalized spacial score (nSPS) is 11.0. The lowest BCUT2D eigenvalue weighted by atomic mass is 9.94. The number of aromatic nitrogens is 1. The molecule has 6 heteroatoms. The molecule has 3 aromatic rings. The summed E-state index contributed by atoms with van der Waals surface area (Å²) in [5.74, 6) is 0.971. The molecule has 1 heterocycles. The van der Waals surface area contributed by atoms with Crippen LogP contribution in [0.1, 0.15) is 25.3 Å². The molecule has 0 radical (unpaired) electrons. The Balaban J connectivity index is 2.44. The smallest absolute Gasteiger partial charge is 0.449 e. The Kier molecular flexibility index (Phi) is 5.24. The average Bonchev–Trinajstić information content (AvgIpc) is 2.60. The Bertz CT molecular complexity index is 1020. The number of hydrogen-bond donors (Lipinski definition) is 1. The maximum atomic E-state index is 11.4. The highest BCUT2D eigenvalue weighted by Gasteiger charge is 2.22. The maximum absolute atomic E-state index is 11.4. The number of fused-ring (bicyclic) bond motifs is 1. The fourth-order valence-corrected chi connectivity index (χ4v) is 3.20. The highest BCUT2D eigenvalue weighted by molar-refractivity contribution is 6.31. The molecule has 3 rings (SSSR count). The molecule has 0 aliphatic rings. The van der Waals surface area contributed by atoms with Crippen molar-refractivity contribution in [1.82, 2.24) is 4.98 Å². The summed E-state index contributed by atoms with van der Waals surface area (Å²) in [6.45, 7) is 4.22. The van der Waals surface area contributed by atoms with Gasteiger partial charge < -0.3 is 14.7 Å². The number of benzene rings is 2. The van der Waals surface area contributed by atoms with E-state index in [0.717, 1.165) is 16.5 Å². The van der Waals surface area contributed by atoms with E-state index in [1.54, 1.807) is 31.1 Å². The number of anilines is 1. The molecule has 0 spiro atoms. The molecule has 0 saturated carbocycles. The molecule has 0 aliphatic carbocycles. The summed E-state index contributed by atoms with van der Waals surface area (Å²) < 4.78 is 5.21. The fourth-order valence-electron chi connectivity index (χ4n) is 3.03. The monoisotopic (exact) mass is 384 g/mol. The third kappa shape index (κ3) is 3.83. The summed E-state index contributed by atoms with van der Waals surface area (Å²) in [6.07, 6.45) is -1.39. The first kappa shape index (κ1) is 19.0. The van der Waals surface area contributed by atoms with Gasteiger partial charge in [0, 0.05) is 30.1 Å². The highest BCUT2D eigenvalue weighted by Crippen LogP contribution is 2.43. The second-order valence-corrected chi connectivity index (χ2v) is 7.28. The molecule has 140 valence electrons. The number of carboxylic acid groups (broad SMARTS) is 1. The van der Waals surface area contributed by atoms with E-state index in [0.29, 0.717) is 27.8 Å². The van der Waals surface area contributed by atoms with E-state index in [1.165, 1.54) is 0 Å². The summed E-state index contributed by atoms with van der Waals surface area (Å²) in [5, 5.41) is 10.6. The van der Waals surface area contributed by atoms with Crippen LogP contribution in [0.2, 0.25) is 5.02 Å². The van der Waals surface area contributed by atoms with E-state index < -0.39 is 6.16 Å². The van der Waals surface area contributed by atoms with Crippen molar-refractivity contribution in [2.75, 3.05) is 19.0 Å². The summed E-state index contributed by atoms with van der Waals surface area (Å²) in [7, 11) is 3.60. The zero-order chi connectivity index (χ0) is 19.7. The quantitative estimate of drug-likeness (QED) is 0.576. The lowest BCUT2D eigenvalue weighted by molar-refractivity contribution is 0.144.